The van der Waals surface area contributed by atoms with Crippen LogP contribution >= 0.6 is 11.8 Å². The molecule has 1 aliphatic heterocycles. The molecule has 2 N–H and O–H groups in total. The quantitative estimate of drug-likeness (QED) is 0.800. The molecular formula is C19H24N2OS. The number of benzene rings is 2. The van der Waals surface area contributed by atoms with E-state index < -0.39 is 0 Å². The van der Waals surface area contributed by atoms with E-state index in [9.17, 15) is 4.79 Å². The van der Waals surface area contributed by atoms with Gasteiger partial charge in [-0.2, -0.15) is 11.8 Å². The van der Waals surface area contributed by atoms with Gasteiger partial charge in [-0.3, -0.25) is 4.79 Å². The van der Waals surface area contributed by atoms with E-state index in [1.165, 1.54) is 16.3 Å². The number of hydrogen-bond acceptors (Lipinski definition) is 3. The number of amides is 1. The van der Waals surface area contributed by atoms with Gasteiger partial charge in [0.15, 0.2) is 0 Å². The van der Waals surface area contributed by atoms with Gasteiger partial charge >= 0.3 is 0 Å². The molecule has 2 aromatic rings. The minimum absolute atomic E-state index is 0.208. The summed E-state index contributed by atoms with van der Waals surface area (Å²) in [5.74, 6) is 2.39. The van der Waals surface area contributed by atoms with Crippen LogP contribution in [0.5, 0.6) is 0 Å². The molecule has 1 aliphatic rings. The first kappa shape index (κ1) is 16.3. The number of piperidine rings is 1. The molecule has 1 heterocycles. The third-order valence-electron chi connectivity index (χ3n) is 4.39. The topological polar surface area (TPSA) is 41.1 Å². The molecule has 0 saturated carbocycles. The van der Waals surface area contributed by atoms with Crippen LogP contribution in [0.15, 0.2) is 42.5 Å². The minimum atomic E-state index is 0.208. The van der Waals surface area contributed by atoms with Crippen LogP contribution in [0.1, 0.15) is 18.4 Å². The van der Waals surface area contributed by atoms with Crippen molar-refractivity contribution < 1.29 is 4.79 Å². The second-order valence-corrected chi connectivity index (χ2v) is 7.11. The fourth-order valence-corrected chi connectivity index (χ4v) is 3.94. The summed E-state index contributed by atoms with van der Waals surface area (Å²) in [6, 6.07) is 15.0. The van der Waals surface area contributed by atoms with Crippen molar-refractivity contribution in [3.63, 3.8) is 0 Å². The SMILES string of the molecule is O=C(NCCSCc1cccc2ccccc12)C1CCNCC1. The van der Waals surface area contributed by atoms with Gasteiger partial charge in [0.05, 0.1) is 0 Å². The Hall–Kier alpha value is -1.52. The molecule has 122 valence electrons. The zero-order valence-corrected chi connectivity index (χ0v) is 14.2. The van der Waals surface area contributed by atoms with Crippen LogP contribution in [-0.2, 0) is 10.5 Å². The maximum Gasteiger partial charge on any atom is 0.223 e. The van der Waals surface area contributed by atoms with Gasteiger partial charge in [0.25, 0.3) is 0 Å². The lowest BCUT2D eigenvalue weighted by molar-refractivity contribution is -0.125. The Labute approximate surface area is 142 Å². The van der Waals surface area contributed by atoms with Gasteiger partial charge in [-0.25, -0.2) is 0 Å². The molecule has 3 nitrogen and oxygen atoms in total. The Morgan fingerprint density at radius 2 is 1.91 bits per heavy atom. The molecule has 0 bridgehead atoms. The van der Waals surface area contributed by atoms with E-state index >= 15 is 0 Å². The predicted molar refractivity (Wildman–Crippen MR) is 98.7 cm³/mol. The smallest absolute Gasteiger partial charge is 0.223 e. The number of carbonyl (C=O) groups excluding carboxylic acids is 1. The molecule has 1 fully saturated rings. The largest absolute Gasteiger partial charge is 0.355 e. The fraction of sp³-hybridized carbons (Fsp3) is 0.421. The van der Waals surface area contributed by atoms with E-state index in [0.717, 1.165) is 44.0 Å². The molecule has 0 unspecified atom stereocenters. The summed E-state index contributed by atoms with van der Waals surface area (Å²) >= 11 is 1.88. The zero-order chi connectivity index (χ0) is 15.9. The van der Waals surface area contributed by atoms with Crippen LogP contribution in [-0.4, -0.2) is 31.3 Å². The maximum atomic E-state index is 12.1. The molecule has 2 aromatic carbocycles. The summed E-state index contributed by atoms with van der Waals surface area (Å²) in [7, 11) is 0. The van der Waals surface area contributed by atoms with Crippen molar-refractivity contribution in [2.45, 2.75) is 18.6 Å². The first-order valence-electron chi connectivity index (χ1n) is 8.37. The van der Waals surface area contributed by atoms with E-state index in [1.807, 2.05) is 11.8 Å². The highest BCUT2D eigenvalue weighted by atomic mass is 32.2. The van der Waals surface area contributed by atoms with Crippen molar-refractivity contribution >= 4 is 28.4 Å². The van der Waals surface area contributed by atoms with Gasteiger partial charge in [0.2, 0.25) is 5.91 Å². The average molecular weight is 328 g/mol. The van der Waals surface area contributed by atoms with E-state index in [4.69, 9.17) is 0 Å². The zero-order valence-electron chi connectivity index (χ0n) is 13.4. The molecular weight excluding hydrogens is 304 g/mol. The van der Waals surface area contributed by atoms with Crippen molar-refractivity contribution in [1.29, 1.82) is 0 Å². The third kappa shape index (κ3) is 4.49. The maximum absolute atomic E-state index is 12.1. The highest BCUT2D eigenvalue weighted by Crippen LogP contribution is 2.22. The Bertz CT molecular complexity index is 647. The predicted octanol–water partition coefficient (Wildman–Crippen LogP) is 3.19. The Kier molecular flexibility index (Phi) is 5.94. The van der Waals surface area contributed by atoms with Gasteiger partial charge in [-0.1, -0.05) is 42.5 Å². The first-order valence-corrected chi connectivity index (χ1v) is 9.53. The molecule has 4 heteroatoms. The Balaban J connectivity index is 1.42. The lowest BCUT2D eigenvalue weighted by Gasteiger charge is -2.21. The number of rotatable bonds is 6. The Morgan fingerprint density at radius 1 is 1.13 bits per heavy atom. The first-order chi connectivity index (χ1) is 11.3. The van der Waals surface area contributed by atoms with Crippen LogP contribution in [0.25, 0.3) is 10.8 Å². The van der Waals surface area contributed by atoms with E-state index in [0.29, 0.717) is 0 Å². The normalized spacial score (nSPS) is 15.7. The summed E-state index contributed by atoms with van der Waals surface area (Å²) in [4.78, 5) is 12.1. The number of nitrogens with one attached hydrogen (secondary N) is 2. The van der Waals surface area contributed by atoms with E-state index in [-0.39, 0.29) is 11.8 Å². The molecule has 3 rings (SSSR count). The Morgan fingerprint density at radius 3 is 2.78 bits per heavy atom. The highest BCUT2D eigenvalue weighted by Gasteiger charge is 2.19. The van der Waals surface area contributed by atoms with Crippen LogP contribution in [0.4, 0.5) is 0 Å². The number of carbonyl (C=O) groups is 1. The number of hydrogen-bond donors (Lipinski definition) is 2. The average Bonchev–Trinajstić information content (AvgIpc) is 2.62. The molecule has 0 spiro atoms. The highest BCUT2D eigenvalue weighted by molar-refractivity contribution is 7.98. The molecule has 0 radical (unpaired) electrons. The van der Waals surface area contributed by atoms with Gasteiger partial charge in [0.1, 0.15) is 0 Å². The standard InChI is InChI=1S/C19H24N2OS/c22-19(16-8-10-20-11-9-16)21-12-13-23-14-17-6-3-5-15-4-1-2-7-18(15)17/h1-7,16,20H,8-14H2,(H,21,22). The van der Waals surface area contributed by atoms with Gasteiger partial charge in [-0.05, 0) is 42.3 Å². The van der Waals surface area contributed by atoms with Crippen molar-refractivity contribution in [3.8, 4) is 0 Å². The molecule has 23 heavy (non-hydrogen) atoms. The lowest BCUT2D eigenvalue weighted by Crippen LogP contribution is -2.38. The summed E-state index contributed by atoms with van der Waals surface area (Å²) in [6.45, 7) is 2.69. The number of fused-ring (bicyclic) bond motifs is 1. The van der Waals surface area contributed by atoms with Crippen LogP contribution in [0, 0.1) is 5.92 Å². The van der Waals surface area contributed by atoms with Crippen molar-refractivity contribution in [2.75, 3.05) is 25.4 Å². The summed E-state index contributed by atoms with van der Waals surface area (Å²) in [6.07, 6.45) is 1.93. The molecule has 0 aliphatic carbocycles. The van der Waals surface area contributed by atoms with Gasteiger partial charge in [-0.15, -0.1) is 0 Å². The van der Waals surface area contributed by atoms with Crippen LogP contribution < -0.4 is 10.6 Å². The third-order valence-corrected chi connectivity index (χ3v) is 5.40. The van der Waals surface area contributed by atoms with Crippen LogP contribution in [0.2, 0.25) is 0 Å². The van der Waals surface area contributed by atoms with Crippen molar-refractivity contribution in [1.82, 2.24) is 10.6 Å². The second kappa shape index (κ2) is 8.37. The van der Waals surface area contributed by atoms with E-state index in [2.05, 4.69) is 53.1 Å². The van der Waals surface area contributed by atoms with E-state index in [1.54, 1.807) is 0 Å². The van der Waals surface area contributed by atoms with Crippen LogP contribution in [0.3, 0.4) is 0 Å². The molecule has 1 amide bonds. The summed E-state index contributed by atoms with van der Waals surface area (Å²) < 4.78 is 0. The monoisotopic (exact) mass is 328 g/mol. The fourth-order valence-electron chi connectivity index (χ4n) is 3.08. The lowest BCUT2D eigenvalue weighted by atomic mass is 9.97. The van der Waals surface area contributed by atoms with Gasteiger partial charge < -0.3 is 10.6 Å². The number of thioether (sulfide) groups is 1. The summed E-state index contributed by atoms with van der Waals surface area (Å²) in [5.41, 5.74) is 1.37. The van der Waals surface area contributed by atoms with Crippen molar-refractivity contribution in [2.24, 2.45) is 5.92 Å². The summed E-state index contributed by atoms with van der Waals surface area (Å²) in [5, 5.41) is 9.01. The molecule has 1 saturated heterocycles. The molecule has 0 atom stereocenters. The minimum Gasteiger partial charge on any atom is -0.355 e. The molecule has 0 aromatic heterocycles. The van der Waals surface area contributed by atoms with Crippen molar-refractivity contribution in [3.05, 3.63) is 48.0 Å². The van der Waals surface area contributed by atoms with Gasteiger partial charge in [0, 0.05) is 24.0 Å². The second-order valence-electron chi connectivity index (χ2n) is 6.01.